The molecule has 3 nitrogen and oxygen atoms in total. The highest BCUT2D eigenvalue weighted by Crippen LogP contribution is 2.15. The molecule has 2 rings (SSSR count). The van der Waals surface area contributed by atoms with Crippen LogP contribution in [0.1, 0.15) is 12.0 Å². The molecule has 0 atom stereocenters. The third-order valence-electron chi connectivity index (χ3n) is 2.80. The summed E-state index contributed by atoms with van der Waals surface area (Å²) in [6, 6.07) is 9.07. The van der Waals surface area contributed by atoms with Gasteiger partial charge in [0, 0.05) is 17.8 Å². The lowest BCUT2D eigenvalue weighted by Crippen LogP contribution is -2.21. The average Bonchev–Trinajstić information content (AvgIpc) is 2.42. The van der Waals surface area contributed by atoms with Crippen molar-refractivity contribution in [2.45, 2.75) is 19.9 Å². The van der Waals surface area contributed by atoms with E-state index < -0.39 is 0 Å². The third-order valence-corrected chi connectivity index (χ3v) is 3.62. The second-order valence-corrected chi connectivity index (χ2v) is 5.81. The molecule has 0 amide bonds. The molecule has 0 unspecified atom stereocenters. The number of aryl methyl sites for hydroxylation is 2. The Balaban J connectivity index is 1.87. The molecule has 5 heteroatoms. The van der Waals surface area contributed by atoms with E-state index in [1.807, 2.05) is 31.3 Å². The average molecular weight is 357 g/mol. The Morgan fingerprint density at radius 2 is 2.00 bits per heavy atom. The molecule has 0 aliphatic heterocycles. The molecule has 106 valence electrons. The number of nitrogens with zero attached hydrogens (tertiary/aromatic N) is 1. The van der Waals surface area contributed by atoms with E-state index in [1.54, 1.807) is 16.7 Å². The number of hydrogen-bond acceptors (Lipinski definition) is 2. The van der Waals surface area contributed by atoms with E-state index in [2.05, 4.69) is 15.9 Å². The van der Waals surface area contributed by atoms with Crippen LogP contribution in [0.3, 0.4) is 0 Å². The smallest absolute Gasteiger partial charge is 0.264 e. The molecule has 0 aliphatic carbocycles. The maximum absolute atomic E-state index is 11.9. The van der Waals surface area contributed by atoms with Crippen LogP contribution in [0, 0.1) is 6.92 Å². The fraction of sp³-hybridized carbons (Fsp3) is 0.267. The van der Waals surface area contributed by atoms with Gasteiger partial charge in [-0.15, -0.1) is 0 Å². The molecule has 1 heterocycles. The lowest BCUT2D eigenvalue weighted by molar-refractivity contribution is 0.301. The normalized spacial score (nSPS) is 10.6. The molecule has 0 saturated carbocycles. The van der Waals surface area contributed by atoms with Crippen molar-refractivity contribution < 1.29 is 4.74 Å². The second kappa shape index (κ2) is 6.95. The van der Waals surface area contributed by atoms with E-state index in [0.29, 0.717) is 22.6 Å². The largest absolute Gasteiger partial charge is 0.494 e. The van der Waals surface area contributed by atoms with Gasteiger partial charge in [0.2, 0.25) is 0 Å². The van der Waals surface area contributed by atoms with Crippen molar-refractivity contribution in [1.29, 1.82) is 0 Å². The highest BCUT2D eigenvalue weighted by Gasteiger charge is 2.02. The van der Waals surface area contributed by atoms with Gasteiger partial charge in [-0.2, -0.15) is 0 Å². The van der Waals surface area contributed by atoms with Gasteiger partial charge in [0.05, 0.1) is 11.1 Å². The van der Waals surface area contributed by atoms with Crippen LogP contribution < -0.4 is 10.3 Å². The van der Waals surface area contributed by atoms with Crippen molar-refractivity contribution in [3.8, 4) is 5.75 Å². The summed E-state index contributed by atoms with van der Waals surface area (Å²) < 4.78 is 7.89. The van der Waals surface area contributed by atoms with Gasteiger partial charge in [-0.05, 0) is 65.2 Å². The first-order chi connectivity index (χ1) is 9.56. The van der Waals surface area contributed by atoms with Gasteiger partial charge in [0.25, 0.3) is 5.56 Å². The Bertz CT molecular complexity index is 637. The molecular weight excluding hydrogens is 342 g/mol. The summed E-state index contributed by atoms with van der Waals surface area (Å²) >= 11 is 9.07. The van der Waals surface area contributed by atoms with Gasteiger partial charge in [-0.25, -0.2) is 0 Å². The van der Waals surface area contributed by atoms with E-state index in [1.165, 1.54) is 0 Å². The molecule has 0 N–H and O–H groups in total. The fourth-order valence-corrected chi connectivity index (χ4v) is 2.58. The molecule has 0 spiro atoms. The molecule has 1 aromatic heterocycles. The third kappa shape index (κ3) is 4.12. The molecule has 2 aromatic rings. The minimum absolute atomic E-state index is 0.0120. The summed E-state index contributed by atoms with van der Waals surface area (Å²) in [5.74, 6) is 0.784. The molecule has 1 aromatic carbocycles. The predicted octanol–water partition coefficient (Wildman–Crippen LogP) is 4.04. The van der Waals surface area contributed by atoms with Gasteiger partial charge in [0.1, 0.15) is 5.75 Å². The van der Waals surface area contributed by atoms with E-state index in [0.717, 1.165) is 17.7 Å². The van der Waals surface area contributed by atoms with E-state index in [4.69, 9.17) is 16.3 Å². The number of hydrogen-bond donors (Lipinski definition) is 0. The van der Waals surface area contributed by atoms with Gasteiger partial charge in [-0.1, -0.05) is 11.6 Å². The van der Waals surface area contributed by atoms with Crippen LogP contribution in [-0.2, 0) is 6.54 Å². The molecular formula is C15H15BrClNO2. The first-order valence-corrected chi connectivity index (χ1v) is 7.48. The second-order valence-electron chi connectivity index (χ2n) is 4.52. The monoisotopic (exact) mass is 355 g/mol. The molecule has 0 bridgehead atoms. The summed E-state index contributed by atoms with van der Waals surface area (Å²) in [7, 11) is 0. The van der Waals surface area contributed by atoms with Crippen molar-refractivity contribution in [2.24, 2.45) is 0 Å². The van der Waals surface area contributed by atoms with Crippen molar-refractivity contribution in [3.05, 3.63) is 61.9 Å². The van der Waals surface area contributed by atoms with Crippen molar-refractivity contribution in [3.63, 3.8) is 0 Å². The standard InChI is InChI=1S/C15H15BrClNO2/c1-11-9-14(16)15(19)18(10-11)7-2-8-20-13-5-3-12(17)4-6-13/h3-6,9-10H,2,7-8H2,1H3. The first-order valence-electron chi connectivity index (χ1n) is 6.31. The zero-order chi connectivity index (χ0) is 14.5. The number of rotatable bonds is 5. The number of benzene rings is 1. The Morgan fingerprint density at radius 3 is 2.70 bits per heavy atom. The zero-order valence-electron chi connectivity index (χ0n) is 11.1. The molecule has 0 aliphatic rings. The summed E-state index contributed by atoms with van der Waals surface area (Å²) in [5, 5.41) is 0.688. The van der Waals surface area contributed by atoms with Crippen LogP contribution in [-0.4, -0.2) is 11.2 Å². The van der Waals surface area contributed by atoms with Crippen LogP contribution in [0.5, 0.6) is 5.75 Å². The summed E-state index contributed by atoms with van der Waals surface area (Å²) in [5.41, 5.74) is 1.04. The summed E-state index contributed by atoms with van der Waals surface area (Å²) in [6.07, 6.45) is 2.62. The Hall–Kier alpha value is -1.26. The van der Waals surface area contributed by atoms with Gasteiger partial charge >= 0.3 is 0 Å². The quantitative estimate of drug-likeness (QED) is 0.757. The lowest BCUT2D eigenvalue weighted by Gasteiger charge is -2.09. The first kappa shape index (κ1) is 15.1. The van der Waals surface area contributed by atoms with E-state index >= 15 is 0 Å². The number of pyridine rings is 1. The van der Waals surface area contributed by atoms with Gasteiger partial charge in [0.15, 0.2) is 0 Å². The van der Waals surface area contributed by atoms with Crippen LogP contribution in [0.15, 0.2) is 45.8 Å². The van der Waals surface area contributed by atoms with Crippen LogP contribution in [0.2, 0.25) is 5.02 Å². The predicted molar refractivity (Wildman–Crippen MR) is 84.7 cm³/mol. The Labute approximate surface area is 131 Å². The topological polar surface area (TPSA) is 31.2 Å². The number of ether oxygens (including phenoxy) is 1. The lowest BCUT2D eigenvalue weighted by atomic mass is 10.3. The van der Waals surface area contributed by atoms with E-state index in [-0.39, 0.29) is 5.56 Å². The van der Waals surface area contributed by atoms with Gasteiger partial charge in [-0.3, -0.25) is 4.79 Å². The minimum Gasteiger partial charge on any atom is -0.494 e. The molecule has 20 heavy (non-hydrogen) atoms. The summed E-state index contributed by atoms with van der Waals surface area (Å²) in [4.78, 5) is 11.9. The number of aromatic nitrogens is 1. The van der Waals surface area contributed by atoms with Gasteiger partial charge < -0.3 is 9.30 Å². The molecule has 0 fully saturated rings. The summed E-state index contributed by atoms with van der Waals surface area (Å²) in [6.45, 7) is 3.15. The highest BCUT2D eigenvalue weighted by molar-refractivity contribution is 9.10. The van der Waals surface area contributed by atoms with Crippen molar-refractivity contribution in [1.82, 2.24) is 4.57 Å². The maximum atomic E-state index is 11.9. The van der Waals surface area contributed by atoms with E-state index in [9.17, 15) is 4.79 Å². The van der Waals surface area contributed by atoms with Crippen LogP contribution in [0.25, 0.3) is 0 Å². The number of halogens is 2. The van der Waals surface area contributed by atoms with Crippen molar-refractivity contribution >= 4 is 27.5 Å². The Morgan fingerprint density at radius 1 is 1.30 bits per heavy atom. The SMILES string of the molecule is Cc1cc(Br)c(=O)n(CCCOc2ccc(Cl)cc2)c1. The maximum Gasteiger partial charge on any atom is 0.264 e. The van der Waals surface area contributed by atoms with Crippen LogP contribution >= 0.6 is 27.5 Å². The molecule has 0 saturated heterocycles. The van der Waals surface area contributed by atoms with Crippen molar-refractivity contribution in [2.75, 3.05) is 6.61 Å². The Kier molecular flexibility index (Phi) is 5.26. The fourth-order valence-electron chi connectivity index (χ4n) is 1.86. The van der Waals surface area contributed by atoms with Crippen LogP contribution in [0.4, 0.5) is 0 Å². The highest BCUT2D eigenvalue weighted by atomic mass is 79.9. The zero-order valence-corrected chi connectivity index (χ0v) is 13.4. The minimum atomic E-state index is -0.0120. The molecule has 0 radical (unpaired) electrons.